The van der Waals surface area contributed by atoms with Crippen LogP contribution in [-0.4, -0.2) is 0 Å². The Bertz CT molecular complexity index is 528. The predicted octanol–water partition coefficient (Wildman–Crippen LogP) is 6.37. The summed E-state index contributed by atoms with van der Waals surface area (Å²) in [5.41, 5.74) is 1.52. The molecular formula is C22H30O2. The minimum Gasteiger partial charge on any atom is -0.224 e. The van der Waals surface area contributed by atoms with Gasteiger partial charge in [-0.1, -0.05) is 88.4 Å². The SMILES string of the molecule is CCC(CC)(OOC(CC)(CC)c1ccccc1)c1ccccc1. The predicted molar refractivity (Wildman–Crippen MR) is 99.6 cm³/mol. The van der Waals surface area contributed by atoms with E-state index in [9.17, 15) is 0 Å². The Morgan fingerprint density at radius 1 is 0.542 bits per heavy atom. The minimum atomic E-state index is -0.411. The second-order valence-corrected chi connectivity index (χ2v) is 6.30. The molecule has 2 nitrogen and oxygen atoms in total. The fourth-order valence-electron chi connectivity index (χ4n) is 3.29. The highest BCUT2D eigenvalue weighted by Gasteiger charge is 2.37. The zero-order valence-electron chi connectivity index (χ0n) is 15.4. The molecule has 0 spiro atoms. The molecule has 0 radical (unpaired) electrons. The van der Waals surface area contributed by atoms with Gasteiger partial charge in [0.05, 0.1) is 0 Å². The largest absolute Gasteiger partial charge is 0.224 e. The molecule has 0 aromatic heterocycles. The van der Waals surface area contributed by atoms with Crippen molar-refractivity contribution in [3.05, 3.63) is 71.8 Å². The molecular weight excluding hydrogens is 296 g/mol. The molecule has 0 atom stereocenters. The van der Waals surface area contributed by atoms with Gasteiger partial charge in [-0.3, -0.25) is 0 Å². The van der Waals surface area contributed by atoms with Crippen molar-refractivity contribution in [1.29, 1.82) is 0 Å². The summed E-state index contributed by atoms with van der Waals surface area (Å²) < 4.78 is 0. The standard InChI is InChI=1S/C22H30O2/c1-5-21(6-2,19-15-11-9-12-16-19)23-24-22(7-3,8-4)20-17-13-10-14-18-20/h9-18H,5-8H2,1-4H3. The Kier molecular flexibility index (Phi) is 6.59. The molecule has 0 bridgehead atoms. The van der Waals surface area contributed by atoms with Gasteiger partial charge < -0.3 is 0 Å². The van der Waals surface area contributed by atoms with Crippen molar-refractivity contribution in [2.24, 2.45) is 0 Å². The lowest BCUT2D eigenvalue weighted by molar-refractivity contribution is -0.427. The van der Waals surface area contributed by atoms with Gasteiger partial charge in [-0.2, -0.15) is 0 Å². The molecule has 0 saturated heterocycles. The lowest BCUT2D eigenvalue weighted by Gasteiger charge is -2.37. The number of hydrogen-bond acceptors (Lipinski definition) is 2. The fourth-order valence-corrected chi connectivity index (χ4v) is 3.29. The highest BCUT2D eigenvalue weighted by molar-refractivity contribution is 5.23. The van der Waals surface area contributed by atoms with Gasteiger partial charge in [-0.05, 0) is 36.8 Å². The Balaban J connectivity index is 2.29. The van der Waals surface area contributed by atoms with Gasteiger partial charge in [0.25, 0.3) is 0 Å². The lowest BCUT2D eigenvalue weighted by Crippen LogP contribution is -2.36. The summed E-state index contributed by atoms with van der Waals surface area (Å²) in [6.45, 7) is 8.62. The Hall–Kier alpha value is -1.64. The van der Waals surface area contributed by atoms with E-state index in [-0.39, 0.29) is 0 Å². The minimum absolute atomic E-state index is 0.411. The molecule has 0 fully saturated rings. The summed E-state index contributed by atoms with van der Waals surface area (Å²) in [7, 11) is 0. The van der Waals surface area contributed by atoms with E-state index in [1.54, 1.807) is 0 Å². The van der Waals surface area contributed by atoms with Crippen LogP contribution in [0.5, 0.6) is 0 Å². The number of benzene rings is 2. The molecule has 0 N–H and O–H groups in total. The van der Waals surface area contributed by atoms with E-state index in [1.165, 1.54) is 11.1 Å². The smallest absolute Gasteiger partial charge is 0.128 e. The van der Waals surface area contributed by atoms with Crippen LogP contribution in [0.25, 0.3) is 0 Å². The van der Waals surface area contributed by atoms with Gasteiger partial charge in [0.15, 0.2) is 0 Å². The van der Waals surface area contributed by atoms with Crippen LogP contribution in [0, 0.1) is 0 Å². The van der Waals surface area contributed by atoms with Crippen LogP contribution in [-0.2, 0) is 21.0 Å². The van der Waals surface area contributed by atoms with E-state index in [4.69, 9.17) is 9.78 Å². The van der Waals surface area contributed by atoms with Crippen LogP contribution < -0.4 is 0 Å². The van der Waals surface area contributed by atoms with E-state index in [2.05, 4.69) is 76.2 Å². The molecule has 24 heavy (non-hydrogen) atoms. The van der Waals surface area contributed by atoms with Gasteiger partial charge in [0.2, 0.25) is 0 Å². The Morgan fingerprint density at radius 2 is 0.833 bits per heavy atom. The van der Waals surface area contributed by atoms with E-state index >= 15 is 0 Å². The molecule has 0 aliphatic rings. The van der Waals surface area contributed by atoms with E-state index in [1.807, 2.05) is 12.1 Å². The van der Waals surface area contributed by atoms with Crippen molar-refractivity contribution in [3.63, 3.8) is 0 Å². The molecule has 2 aromatic rings. The summed E-state index contributed by atoms with van der Waals surface area (Å²) >= 11 is 0. The average Bonchev–Trinajstić information content (AvgIpc) is 2.68. The molecule has 2 aromatic carbocycles. The lowest BCUT2D eigenvalue weighted by atomic mass is 9.88. The van der Waals surface area contributed by atoms with E-state index in [0.717, 1.165) is 25.7 Å². The molecule has 0 unspecified atom stereocenters. The first-order valence-corrected chi connectivity index (χ1v) is 9.14. The van der Waals surface area contributed by atoms with Crippen molar-refractivity contribution in [2.75, 3.05) is 0 Å². The highest BCUT2D eigenvalue weighted by Crippen LogP contribution is 2.39. The van der Waals surface area contributed by atoms with Gasteiger partial charge in [-0.15, -0.1) is 0 Å². The average molecular weight is 326 g/mol. The molecule has 2 heteroatoms. The molecule has 0 heterocycles. The first-order valence-electron chi connectivity index (χ1n) is 9.14. The van der Waals surface area contributed by atoms with Gasteiger partial charge in [-0.25, -0.2) is 9.78 Å². The number of hydrogen-bond donors (Lipinski definition) is 0. The summed E-state index contributed by atoms with van der Waals surface area (Å²) in [5.74, 6) is 0. The van der Waals surface area contributed by atoms with Crippen LogP contribution >= 0.6 is 0 Å². The maximum atomic E-state index is 6.22. The summed E-state index contributed by atoms with van der Waals surface area (Å²) in [4.78, 5) is 12.4. The zero-order valence-corrected chi connectivity index (χ0v) is 15.4. The van der Waals surface area contributed by atoms with Gasteiger partial charge >= 0.3 is 0 Å². The third kappa shape index (κ3) is 3.71. The van der Waals surface area contributed by atoms with Crippen LogP contribution in [0.1, 0.15) is 64.5 Å². The third-order valence-electron chi connectivity index (χ3n) is 5.24. The molecule has 0 amide bonds. The van der Waals surface area contributed by atoms with E-state index in [0.29, 0.717) is 0 Å². The zero-order chi connectivity index (χ0) is 17.5. The first-order chi connectivity index (χ1) is 11.7. The van der Waals surface area contributed by atoms with Crippen molar-refractivity contribution in [2.45, 2.75) is 64.6 Å². The van der Waals surface area contributed by atoms with Crippen molar-refractivity contribution < 1.29 is 9.78 Å². The molecule has 0 aliphatic heterocycles. The van der Waals surface area contributed by atoms with Crippen LogP contribution in [0.2, 0.25) is 0 Å². The van der Waals surface area contributed by atoms with Gasteiger partial charge in [0, 0.05) is 0 Å². The van der Waals surface area contributed by atoms with Crippen LogP contribution in [0.3, 0.4) is 0 Å². The van der Waals surface area contributed by atoms with Crippen molar-refractivity contribution in [3.8, 4) is 0 Å². The summed E-state index contributed by atoms with van der Waals surface area (Å²) in [5, 5.41) is 0. The molecule has 130 valence electrons. The van der Waals surface area contributed by atoms with E-state index < -0.39 is 11.2 Å². The first kappa shape index (κ1) is 18.7. The van der Waals surface area contributed by atoms with Crippen molar-refractivity contribution in [1.82, 2.24) is 0 Å². The quantitative estimate of drug-likeness (QED) is 0.394. The second-order valence-electron chi connectivity index (χ2n) is 6.30. The Labute approximate surface area is 146 Å². The number of rotatable bonds is 9. The second kappa shape index (κ2) is 8.46. The Morgan fingerprint density at radius 3 is 1.08 bits per heavy atom. The fraction of sp³-hybridized carbons (Fsp3) is 0.455. The summed E-state index contributed by atoms with van der Waals surface area (Å²) in [6.07, 6.45) is 3.47. The van der Waals surface area contributed by atoms with Crippen molar-refractivity contribution >= 4 is 0 Å². The third-order valence-corrected chi connectivity index (χ3v) is 5.24. The molecule has 0 aliphatic carbocycles. The maximum Gasteiger partial charge on any atom is 0.128 e. The van der Waals surface area contributed by atoms with Crippen LogP contribution in [0.4, 0.5) is 0 Å². The topological polar surface area (TPSA) is 18.5 Å². The van der Waals surface area contributed by atoms with Gasteiger partial charge in [0.1, 0.15) is 11.2 Å². The molecule has 0 saturated carbocycles. The monoisotopic (exact) mass is 326 g/mol. The summed E-state index contributed by atoms with van der Waals surface area (Å²) in [6, 6.07) is 20.8. The molecule has 2 rings (SSSR count). The maximum absolute atomic E-state index is 6.22. The highest BCUT2D eigenvalue weighted by atomic mass is 17.2. The van der Waals surface area contributed by atoms with Crippen LogP contribution in [0.15, 0.2) is 60.7 Å². The normalized spacial score (nSPS) is 12.3.